The van der Waals surface area contributed by atoms with Gasteiger partial charge in [0.05, 0.1) is 24.3 Å². The Labute approximate surface area is 200 Å². The molecule has 3 aromatic rings. The maximum absolute atomic E-state index is 13.5. The number of para-hydroxylation sites is 2. The molecule has 0 aromatic heterocycles. The summed E-state index contributed by atoms with van der Waals surface area (Å²) < 4.78 is 12.0. The van der Waals surface area contributed by atoms with Crippen LogP contribution in [0.25, 0.3) is 0 Å². The average Bonchev–Trinajstić information content (AvgIpc) is 2.83. The largest absolute Gasteiger partial charge is 0.494 e. The number of nitrogens with zero attached hydrogens (tertiary/aromatic N) is 1. The number of fused-ring (bicyclic) bond motifs is 1. The van der Waals surface area contributed by atoms with Crippen molar-refractivity contribution in [3.63, 3.8) is 0 Å². The highest BCUT2D eigenvalue weighted by atomic mass is 79.9. The van der Waals surface area contributed by atoms with Crippen molar-refractivity contribution in [3.05, 3.63) is 87.9 Å². The topological polar surface area (TPSA) is 79.9 Å². The highest BCUT2D eigenvalue weighted by Gasteiger charge is 2.36. The van der Waals surface area contributed by atoms with Gasteiger partial charge in [0.1, 0.15) is 17.7 Å². The number of halogens is 1. The Balaban J connectivity index is 1.75. The third-order valence-electron chi connectivity index (χ3n) is 5.15. The lowest BCUT2D eigenvalue weighted by Crippen LogP contribution is -2.53. The molecule has 170 valence electrons. The van der Waals surface area contributed by atoms with Gasteiger partial charge < -0.3 is 14.8 Å². The molecular weight excluding hydrogens is 486 g/mol. The van der Waals surface area contributed by atoms with Crippen molar-refractivity contribution >= 4 is 33.4 Å². The fourth-order valence-corrected chi connectivity index (χ4v) is 4.14. The van der Waals surface area contributed by atoms with E-state index in [0.717, 1.165) is 10.0 Å². The van der Waals surface area contributed by atoms with Crippen LogP contribution in [0, 0.1) is 0 Å². The van der Waals surface area contributed by atoms with Crippen LogP contribution in [0.1, 0.15) is 46.3 Å². The highest BCUT2D eigenvalue weighted by molar-refractivity contribution is 9.10. The van der Waals surface area contributed by atoms with Crippen LogP contribution in [-0.2, 0) is 0 Å². The summed E-state index contributed by atoms with van der Waals surface area (Å²) in [7, 11) is 0. The smallest absolute Gasteiger partial charge is 0.276 e. The SMILES string of the molecule is CCOc1ccc(Br)c([C@@H]2Nc3ccccc3C(=O)N2NC(=O)c2ccccc2OCC)c1. The number of hydrogen-bond acceptors (Lipinski definition) is 5. The molecule has 0 fully saturated rings. The van der Waals surface area contributed by atoms with E-state index in [2.05, 4.69) is 26.7 Å². The predicted molar refractivity (Wildman–Crippen MR) is 129 cm³/mol. The molecule has 0 radical (unpaired) electrons. The number of hydrogen-bond donors (Lipinski definition) is 2. The summed E-state index contributed by atoms with van der Waals surface area (Å²) >= 11 is 3.58. The van der Waals surface area contributed by atoms with E-state index in [1.54, 1.807) is 36.4 Å². The molecule has 7 nitrogen and oxygen atoms in total. The fourth-order valence-electron chi connectivity index (χ4n) is 3.68. The van der Waals surface area contributed by atoms with Gasteiger partial charge in [0.15, 0.2) is 0 Å². The first-order chi connectivity index (χ1) is 16.0. The Morgan fingerprint density at radius 2 is 1.76 bits per heavy atom. The number of nitrogens with one attached hydrogen (secondary N) is 2. The van der Waals surface area contributed by atoms with Crippen LogP contribution >= 0.6 is 15.9 Å². The summed E-state index contributed by atoms with van der Waals surface area (Å²) in [5.41, 5.74) is 5.01. The number of carbonyl (C=O) groups is 2. The molecule has 2 amide bonds. The summed E-state index contributed by atoms with van der Waals surface area (Å²) in [6, 6.07) is 19.7. The minimum absolute atomic E-state index is 0.328. The second kappa shape index (κ2) is 9.95. The van der Waals surface area contributed by atoms with Gasteiger partial charge in [0.2, 0.25) is 0 Å². The van der Waals surface area contributed by atoms with E-state index in [1.165, 1.54) is 5.01 Å². The van der Waals surface area contributed by atoms with Crippen molar-refractivity contribution in [1.29, 1.82) is 0 Å². The Bertz CT molecular complexity index is 1180. The molecule has 0 saturated carbocycles. The van der Waals surface area contributed by atoms with Crippen molar-refractivity contribution < 1.29 is 19.1 Å². The van der Waals surface area contributed by atoms with Crippen LogP contribution < -0.4 is 20.2 Å². The molecule has 1 aliphatic heterocycles. The van der Waals surface area contributed by atoms with E-state index >= 15 is 0 Å². The number of rotatable bonds is 7. The molecular formula is C25H24BrN3O4. The molecule has 2 N–H and O–H groups in total. The Morgan fingerprint density at radius 3 is 2.55 bits per heavy atom. The number of ether oxygens (including phenoxy) is 2. The molecule has 1 aliphatic rings. The molecule has 1 atom stereocenters. The molecule has 33 heavy (non-hydrogen) atoms. The lowest BCUT2D eigenvalue weighted by atomic mass is 10.0. The second-order valence-electron chi connectivity index (χ2n) is 7.25. The van der Waals surface area contributed by atoms with E-state index in [-0.39, 0.29) is 5.91 Å². The normalized spacial score (nSPS) is 14.8. The van der Waals surface area contributed by atoms with Crippen molar-refractivity contribution in [2.45, 2.75) is 20.0 Å². The number of amides is 2. The molecule has 0 unspecified atom stereocenters. The first-order valence-corrected chi connectivity index (χ1v) is 11.5. The Kier molecular flexibility index (Phi) is 6.84. The minimum Gasteiger partial charge on any atom is -0.494 e. The molecule has 3 aromatic carbocycles. The van der Waals surface area contributed by atoms with Crippen LogP contribution in [0.3, 0.4) is 0 Å². The zero-order valence-electron chi connectivity index (χ0n) is 18.3. The van der Waals surface area contributed by atoms with E-state index in [0.29, 0.717) is 41.5 Å². The first kappa shape index (κ1) is 22.7. The highest BCUT2D eigenvalue weighted by Crippen LogP contribution is 2.36. The maximum Gasteiger partial charge on any atom is 0.276 e. The van der Waals surface area contributed by atoms with Crippen LogP contribution in [-0.4, -0.2) is 30.0 Å². The minimum atomic E-state index is -0.676. The van der Waals surface area contributed by atoms with E-state index in [4.69, 9.17) is 9.47 Å². The van der Waals surface area contributed by atoms with Gasteiger partial charge in [-0.05, 0) is 56.3 Å². The average molecular weight is 510 g/mol. The van der Waals surface area contributed by atoms with Crippen LogP contribution in [0.4, 0.5) is 5.69 Å². The van der Waals surface area contributed by atoms with E-state index in [9.17, 15) is 9.59 Å². The molecule has 1 heterocycles. The summed E-state index contributed by atoms with van der Waals surface area (Å²) in [5, 5.41) is 4.68. The number of carbonyl (C=O) groups excluding carboxylic acids is 2. The Hall–Kier alpha value is -3.52. The fraction of sp³-hybridized carbons (Fsp3) is 0.200. The molecule has 0 bridgehead atoms. The summed E-state index contributed by atoms with van der Waals surface area (Å²) in [4.78, 5) is 26.7. The summed E-state index contributed by atoms with van der Waals surface area (Å²) in [5.74, 6) is 0.337. The zero-order valence-corrected chi connectivity index (χ0v) is 19.9. The summed E-state index contributed by atoms with van der Waals surface area (Å²) in [6.07, 6.45) is -0.676. The van der Waals surface area contributed by atoms with Crippen molar-refractivity contribution in [3.8, 4) is 11.5 Å². The molecule has 4 rings (SSSR count). The van der Waals surface area contributed by atoms with Crippen molar-refractivity contribution in [2.75, 3.05) is 18.5 Å². The van der Waals surface area contributed by atoms with Gasteiger partial charge in [-0.3, -0.25) is 15.0 Å². The van der Waals surface area contributed by atoms with Gasteiger partial charge in [-0.15, -0.1) is 0 Å². The predicted octanol–water partition coefficient (Wildman–Crippen LogP) is 5.16. The standard InChI is InChI=1S/C25H24BrN3O4/c1-3-32-16-13-14-20(26)19(15-16)23-27-21-11-7-5-9-17(21)25(31)29(23)28-24(30)18-10-6-8-12-22(18)33-4-2/h5-15,23,27H,3-4H2,1-2H3,(H,28,30)/t23-/m1/s1. The van der Waals surface area contributed by atoms with Crippen molar-refractivity contribution in [1.82, 2.24) is 10.4 Å². The van der Waals surface area contributed by atoms with Gasteiger partial charge in [-0.2, -0.15) is 0 Å². The van der Waals surface area contributed by atoms with E-state index < -0.39 is 12.1 Å². The molecule has 0 aliphatic carbocycles. The maximum atomic E-state index is 13.5. The monoisotopic (exact) mass is 509 g/mol. The number of benzene rings is 3. The zero-order chi connectivity index (χ0) is 23.4. The van der Waals surface area contributed by atoms with Crippen LogP contribution in [0.5, 0.6) is 11.5 Å². The van der Waals surface area contributed by atoms with Crippen molar-refractivity contribution in [2.24, 2.45) is 0 Å². The Morgan fingerprint density at radius 1 is 1.03 bits per heavy atom. The third-order valence-corrected chi connectivity index (χ3v) is 5.88. The van der Waals surface area contributed by atoms with Gasteiger partial charge in [0, 0.05) is 15.7 Å². The van der Waals surface area contributed by atoms with Gasteiger partial charge in [-0.1, -0.05) is 40.2 Å². The summed E-state index contributed by atoms with van der Waals surface area (Å²) in [6.45, 7) is 4.68. The van der Waals surface area contributed by atoms with Gasteiger partial charge in [-0.25, -0.2) is 5.01 Å². The second-order valence-corrected chi connectivity index (χ2v) is 8.11. The molecule has 0 saturated heterocycles. The lowest BCUT2D eigenvalue weighted by molar-refractivity contribution is 0.0488. The van der Waals surface area contributed by atoms with Crippen LogP contribution in [0.2, 0.25) is 0 Å². The molecule has 0 spiro atoms. The lowest BCUT2D eigenvalue weighted by Gasteiger charge is -2.38. The third kappa shape index (κ3) is 4.66. The van der Waals surface area contributed by atoms with E-state index in [1.807, 2.05) is 44.2 Å². The quantitative estimate of drug-likeness (QED) is 0.459. The number of hydrazine groups is 1. The van der Waals surface area contributed by atoms with Crippen LogP contribution in [0.15, 0.2) is 71.2 Å². The number of anilines is 1. The van der Waals surface area contributed by atoms with Gasteiger partial charge in [0.25, 0.3) is 11.8 Å². The first-order valence-electron chi connectivity index (χ1n) is 10.7. The van der Waals surface area contributed by atoms with Gasteiger partial charge >= 0.3 is 0 Å². The molecule has 8 heteroatoms.